The number of halogens is 1. The van der Waals surface area contributed by atoms with E-state index in [1.807, 2.05) is 20.8 Å². The molecule has 0 unspecified atom stereocenters. The fourth-order valence-corrected chi connectivity index (χ4v) is 2.03. The fraction of sp³-hybridized carbons (Fsp3) is 0.357. The average molecular weight is 294 g/mol. The highest BCUT2D eigenvalue weighted by atomic mass is 35.5. The first kappa shape index (κ1) is 14.5. The molecule has 0 aliphatic carbocycles. The first-order valence-corrected chi connectivity index (χ1v) is 6.66. The van der Waals surface area contributed by atoms with Crippen LogP contribution in [-0.4, -0.2) is 25.8 Å². The van der Waals surface area contributed by atoms with E-state index in [4.69, 9.17) is 11.6 Å². The number of aryl methyl sites for hydroxylation is 1. The van der Waals surface area contributed by atoms with Gasteiger partial charge in [-0.15, -0.1) is 0 Å². The van der Waals surface area contributed by atoms with E-state index in [-0.39, 0.29) is 11.5 Å². The van der Waals surface area contributed by atoms with Crippen molar-refractivity contribution in [2.24, 2.45) is 0 Å². The molecule has 2 aromatic heterocycles. The van der Waals surface area contributed by atoms with Gasteiger partial charge in [-0.3, -0.25) is 0 Å². The molecule has 2 rings (SSSR count). The monoisotopic (exact) mass is 293 g/mol. The van der Waals surface area contributed by atoms with Gasteiger partial charge < -0.3 is 5.11 Å². The van der Waals surface area contributed by atoms with Gasteiger partial charge in [-0.25, -0.2) is 14.5 Å². The van der Waals surface area contributed by atoms with Gasteiger partial charge in [-0.05, 0) is 31.9 Å². The normalized spacial score (nSPS) is 11.1. The molecular formula is C14H16ClN3O2. The molecule has 0 saturated carbocycles. The number of hydrogen-bond acceptors (Lipinski definition) is 3. The Morgan fingerprint density at radius 1 is 1.35 bits per heavy atom. The van der Waals surface area contributed by atoms with Crippen LogP contribution in [0.2, 0.25) is 5.02 Å². The van der Waals surface area contributed by atoms with Crippen LogP contribution in [0.25, 0.3) is 5.82 Å². The number of aromatic nitrogens is 3. The molecule has 0 saturated heterocycles. The van der Waals surface area contributed by atoms with Crippen molar-refractivity contribution in [1.82, 2.24) is 14.8 Å². The van der Waals surface area contributed by atoms with E-state index in [0.717, 1.165) is 5.69 Å². The minimum Gasteiger partial charge on any atom is -0.478 e. The number of nitrogens with zero attached hydrogens (tertiary/aromatic N) is 3. The van der Waals surface area contributed by atoms with E-state index in [9.17, 15) is 9.90 Å². The van der Waals surface area contributed by atoms with Crippen molar-refractivity contribution in [3.05, 3.63) is 39.8 Å². The van der Waals surface area contributed by atoms with Crippen molar-refractivity contribution in [1.29, 1.82) is 0 Å². The lowest BCUT2D eigenvalue weighted by atomic mass is 10.1. The van der Waals surface area contributed by atoms with Crippen molar-refractivity contribution < 1.29 is 9.90 Å². The molecule has 0 aliphatic heterocycles. The molecule has 1 N–H and O–H groups in total. The Morgan fingerprint density at radius 3 is 2.45 bits per heavy atom. The van der Waals surface area contributed by atoms with Crippen molar-refractivity contribution >= 4 is 17.6 Å². The zero-order valence-electron chi connectivity index (χ0n) is 11.8. The Balaban J connectivity index is 2.66. The second kappa shape index (κ2) is 5.25. The Labute approximate surface area is 122 Å². The maximum Gasteiger partial charge on any atom is 0.335 e. The molecule has 0 aliphatic rings. The van der Waals surface area contributed by atoms with Crippen LogP contribution in [0.5, 0.6) is 0 Å². The Bertz CT molecular complexity index is 677. The predicted octanol–water partition coefficient (Wildman–Crippen LogP) is 3.36. The second-order valence-corrected chi connectivity index (χ2v) is 5.37. The zero-order chi connectivity index (χ0) is 15.0. The largest absolute Gasteiger partial charge is 0.478 e. The molecule has 0 fully saturated rings. The molecule has 0 spiro atoms. The first-order valence-electron chi connectivity index (χ1n) is 6.28. The molecule has 106 valence electrons. The fourth-order valence-electron chi connectivity index (χ4n) is 1.91. The van der Waals surface area contributed by atoms with Crippen LogP contribution in [-0.2, 0) is 0 Å². The lowest BCUT2D eigenvalue weighted by molar-refractivity contribution is 0.0696. The van der Waals surface area contributed by atoms with Gasteiger partial charge in [-0.2, -0.15) is 5.10 Å². The van der Waals surface area contributed by atoms with Gasteiger partial charge in [-0.1, -0.05) is 25.4 Å². The van der Waals surface area contributed by atoms with Crippen LogP contribution in [0.1, 0.15) is 47.2 Å². The summed E-state index contributed by atoms with van der Waals surface area (Å²) >= 11 is 6.13. The molecule has 2 heterocycles. The van der Waals surface area contributed by atoms with Crippen LogP contribution in [0.3, 0.4) is 0 Å². The summed E-state index contributed by atoms with van der Waals surface area (Å²) < 4.78 is 1.58. The lowest BCUT2D eigenvalue weighted by Crippen LogP contribution is -2.08. The van der Waals surface area contributed by atoms with Gasteiger partial charge in [0.25, 0.3) is 0 Å². The highest BCUT2D eigenvalue weighted by Gasteiger charge is 2.16. The molecule has 0 atom stereocenters. The van der Waals surface area contributed by atoms with E-state index in [1.165, 1.54) is 6.07 Å². The summed E-state index contributed by atoms with van der Waals surface area (Å²) in [6, 6.07) is 3.09. The number of hydrogen-bond donors (Lipinski definition) is 1. The van der Waals surface area contributed by atoms with Crippen molar-refractivity contribution in [3.63, 3.8) is 0 Å². The van der Waals surface area contributed by atoms with Crippen LogP contribution in [0.15, 0.2) is 12.1 Å². The summed E-state index contributed by atoms with van der Waals surface area (Å²) in [7, 11) is 0. The van der Waals surface area contributed by atoms with Gasteiger partial charge in [0, 0.05) is 5.69 Å². The Hall–Kier alpha value is -1.88. The number of rotatable bonds is 3. The maximum absolute atomic E-state index is 11.2. The molecule has 20 heavy (non-hydrogen) atoms. The summed E-state index contributed by atoms with van der Waals surface area (Å²) in [6.07, 6.45) is 0. The summed E-state index contributed by atoms with van der Waals surface area (Å²) in [6.45, 7) is 7.56. The molecule has 0 radical (unpaired) electrons. The van der Waals surface area contributed by atoms with Crippen LogP contribution >= 0.6 is 11.6 Å². The predicted molar refractivity (Wildman–Crippen MR) is 76.9 cm³/mol. The quantitative estimate of drug-likeness (QED) is 0.942. The van der Waals surface area contributed by atoms with Gasteiger partial charge in [0.15, 0.2) is 5.82 Å². The Morgan fingerprint density at radius 2 is 2.00 bits per heavy atom. The van der Waals surface area contributed by atoms with Crippen molar-refractivity contribution in [3.8, 4) is 5.82 Å². The highest BCUT2D eigenvalue weighted by molar-refractivity contribution is 6.31. The summed E-state index contributed by atoms with van der Waals surface area (Å²) in [5.74, 6) is -0.384. The van der Waals surface area contributed by atoms with Gasteiger partial charge >= 0.3 is 5.97 Å². The number of aromatic carboxylic acids is 1. The SMILES string of the molecule is Cc1nn(-c2cc(C(=O)O)cc(C(C)C)n2)c(C)c1Cl. The summed E-state index contributed by atoms with van der Waals surface area (Å²) in [5.41, 5.74) is 2.35. The van der Waals surface area contributed by atoms with Crippen molar-refractivity contribution in [2.45, 2.75) is 33.6 Å². The molecule has 6 heteroatoms. The smallest absolute Gasteiger partial charge is 0.335 e. The summed E-state index contributed by atoms with van der Waals surface area (Å²) in [4.78, 5) is 15.7. The number of carboxylic acid groups (broad SMARTS) is 1. The molecule has 0 bridgehead atoms. The van der Waals surface area contributed by atoms with Gasteiger partial charge in [0.1, 0.15) is 0 Å². The van der Waals surface area contributed by atoms with E-state index in [1.54, 1.807) is 17.7 Å². The van der Waals surface area contributed by atoms with Crippen LogP contribution < -0.4 is 0 Å². The van der Waals surface area contributed by atoms with E-state index < -0.39 is 5.97 Å². The minimum absolute atomic E-state index is 0.125. The standard InChI is InChI=1S/C14H16ClN3O2/c1-7(2)11-5-10(14(19)20)6-12(16-11)18-9(4)13(15)8(3)17-18/h5-7H,1-4H3,(H,19,20). The lowest BCUT2D eigenvalue weighted by Gasteiger charge is -2.10. The molecule has 0 aromatic carbocycles. The third-order valence-electron chi connectivity index (χ3n) is 3.09. The zero-order valence-corrected chi connectivity index (χ0v) is 12.6. The maximum atomic E-state index is 11.2. The molecular weight excluding hydrogens is 278 g/mol. The van der Waals surface area contributed by atoms with Crippen LogP contribution in [0, 0.1) is 13.8 Å². The van der Waals surface area contributed by atoms with Crippen LogP contribution in [0.4, 0.5) is 0 Å². The van der Waals surface area contributed by atoms with Crippen molar-refractivity contribution in [2.75, 3.05) is 0 Å². The topological polar surface area (TPSA) is 68.0 Å². The molecule has 5 nitrogen and oxygen atoms in total. The molecule has 2 aromatic rings. The van der Waals surface area contributed by atoms with E-state index in [2.05, 4.69) is 10.1 Å². The van der Waals surface area contributed by atoms with E-state index in [0.29, 0.717) is 22.2 Å². The molecule has 0 amide bonds. The average Bonchev–Trinajstić information content (AvgIpc) is 2.66. The van der Waals surface area contributed by atoms with E-state index >= 15 is 0 Å². The third kappa shape index (κ3) is 2.54. The van der Waals surface area contributed by atoms with Gasteiger partial charge in [0.05, 0.1) is 22.0 Å². The second-order valence-electron chi connectivity index (χ2n) is 5.00. The minimum atomic E-state index is -0.983. The Kier molecular flexibility index (Phi) is 3.81. The van der Waals surface area contributed by atoms with Gasteiger partial charge in [0.2, 0.25) is 0 Å². The summed E-state index contributed by atoms with van der Waals surface area (Å²) in [5, 5.41) is 14.1. The first-order chi connectivity index (χ1) is 9.31. The third-order valence-corrected chi connectivity index (χ3v) is 3.64. The number of pyridine rings is 1. The number of carbonyl (C=O) groups is 1. The highest BCUT2D eigenvalue weighted by Crippen LogP contribution is 2.23. The number of carboxylic acids is 1.